The molecule has 11 heavy (non-hydrogen) atoms. The highest BCUT2D eigenvalue weighted by Crippen LogP contribution is 2.02. The molecule has 1 atom stereocenters. The molecule has 0 spiro atoms. The van der Waals surface area contributed by atoms with Gasteiger partial charge in [-0.1, -0.05) is 0 Å². The Labute approximate surface area is 61.5 Å². The van der Waals surface area contributed by atoms with E-state index in [2.05, 4.69) is 10.5 Å². The van der Waals surface area contributed by atoms with E-state index < -0.39 is 18.0 Å². The molecular formula is C5H6N2O4. The van der Waals surface area contributed by atoms with Gasteiger partial charge in [-0.15, -0.1) is 0 Å². The highest BCUT2D eigenvalue weighted by Gasteiger charge is 2.27. The first-order valence-corrected chi connectivity index (χ1v) is 2.89. The maximum Gasteiger partial charge on any atom is 0.352 e. The fourth-order valence-corrected chi connectivity index (χ4v) is 0.718. The summed E-state index contributed by atoms with van der Waals surface area (Å²) in [5, 5.41) is 20.1. The summed E-state index contributed by atoms with van der Waals surface area (Å²) in [7, 11) is 0. The molecule has 6 nitrogen and oxygen atoms in total. The van der Waals surface area contributed by atoms with Crippen LogP contribution in [0.25, 0.3) is 0 Å². The minimum absolute atomic E-state index is 0.0648. The van der Waals surface area contributed by atoms with Crippen LogP contribution in [0.3, 0.4) is 0 Å². The predicted octanol–water partition coefficient (Wildman–Crippen LogP) is -1.13. The van der Waals surface area contributed by atoms with Crippen LogP contribution in [-0.2, 0) is 9.59 Å². The van der Waals surface area contributed by atoms with Crippen molar-refractivity contribution in [3.63, 3.8) is 0 Å². The SMILES string of the molecule is O=C(O)C1=NNC(C(=O)O)C1. The molecule has 0 aliphatic carbocycles. The first-order valence-electron chi connectivity index (χ1n) is 2.89. The molecule has 0 saturated heterocycles. The van der Waals surface area contributed by atoms with Crippen LogP contribution in [0, 0.1) is 0 Å². The van der Waals surface area contributed by atoms with Crippen LogP contribution in [0.2, 0.25) is 0 Å². The van der Waals surface area contributed by atoms with Crippen LogP contribution >= 0.6 is 0 Å². The van der Waals surface area contributed by atoms with Crippen molar-refractivity contribution in [2.45, 2.75) is 12.5 Å². The van der Waals surface area contributed by atoms with Crippen molar-refractivity contribution in [3.8, 4) is 0 Å². The van der Waals surface area contributed by atoms with Crippen molar-refractivity contribution in [1.29, 1.82) is 0 Å². The van der Waals surface area contributed by atoms with Gasteiger partial charge in [-0.05, 0) is 0 Å². The summed E-state index contributed by atoms with van der Waals surface area (Å²) in [5.74, 6) is -2.27. The molecule has 0 amide bonds. The van der Waals surface area contributed by atoms with Crippen molar-refractivity contribution in [3.05, 3.63) is 0 Å². The fraction of sp³-hybridized carbons (Fsp3) is 0.400. The van der Waals surface area contributed by atoms with E-state index >= 15 is 0 Å². The lowest BCUT2D eigenvalue weighted by atomic mass is 10.2. The van der Waals surface area contributed by atoms with E-state index in [0.717, 1.165) is 0 Å². The molecule has 1 heterocycles. The summed E-state index contributed by atoms with van der Waals surface area (Å²) in [4.78, 5) is 20.4. The zero-order valence-electron chi connectivity index (χ0n) is 5.44. The maximum atomic E-state index is 10.2. The lowest BCUT2D eigenvalue weighted by Crippen LogP contribution is -2.29. The maximum absolute atomic E-state index is 10.2. The van der Waals surface area contributed by atoms with E-state index in [0.29, 0.717) is 0 Å². The lowest BCUT2D eigenvalue weighted by Gasteiger charge is -1.99. The molecular weight excluding hydrogens is 152 g/mol. The van der Waals surface area contributed by atoms with Crippen molar-refractivity contribution in [1.82, 2.24) is 5.43 Å². The summed E-state index contributed by atoms with van der Waals surface area (Å²) in [6.45, 7) is 0. The van der Waals surface area contributed by atoms with Gasteiger partial charge in [0.05, 0.1) is 0 Å². The summed E-state index contributed by atoms with van der Waals surface area (Å²) >= 11 is 0. The van der Waals surface area contributed by atoms with Gasteiger partial charge in [-0.2, -0.15) is 5.10 Å². The van der Waals surface area contributed by atoms with Gasteiger partial charge in [-0.3, -0.25) is 5.43 Å². The molecule has 0 fully saturated rings. The third-order valence-corrected chi connectivity index (χ3v) is 1.30. The van der Waals surface area contributed by atoms with Gasteiger partial charge in [-0.25, -0.2) is 9.59 Å². The van der Waals surface area contributed by atoms with Gasteiger partial charge >= 0.3 is 11.9 Å². The first kappa shape index (κ1) is 7.52. The Morgan fingerprint density at radius 2 is 2.18 bits per heavy atom. The standard InChI is InChI=1S/C5H6N2O4/c8-4(9)2-1-3(5(10)11)7-6-2/h2,6H,1H2,(H,8,9)(H,10,11). The van der Waals surface area contributed by atoms with Crippen LogP contribution in [-0.4, -0.2) is 33.9 Å². The number of carboxylic acids is 2. The van der Waals surface area contributed by atoms with Gasteiger partial charge in [0.1, 0.15) is 11.8 Å². The average molecular weight is 158 g/mol. The molecule has 0 radical (unpaired) electrons. The van der Waals surface area contributed by atoms with Gasteiger partial charge in [0.2, 0.25) is 0 Å². The third-order valence-electron chi connectivity index (χ3n) is 1.30. The number of hydrazone groups is 1. The molecule has 0 aromatic heterocycles. The van der Waals surface area contributed by atoms with E-state index in [-0.39, 0.29) is 12.1 Å². The molecule has 0 aromatic rings. The van der Waals surface area contributed by atoms with E-state index in [1.165, 1.54) is 0 Å². The Balaban J connectivity index is 2.56. The normalized spacial score (nSPS) is 22.2. The van der Waals surface area contributed by atoms with Gasteiger partial charge in [0.15, 0.2) is 0 Å². The van der Waals surface area contributed by atoms with E-state index in [1.807, 2.05) is 0 Å². The smallest absolute Gasteiger partial charge is 0.352 e. The monoisotopic (exact) mass is 158 g/mol. The zero-order valence-corrected chi connectivity index (χ0v) is 5.44. The minimum Gasteiger partial charge on any atom is -0.480 e. The molecule has 60 valence electrons. The Bertz CT molecular complexity index is 235. The predicted molar refractivity (Wildman–Crippen MR) is 34.2 cm³/mol. The van der Waals surface area contributed by atoms with Gasteiger partial charge in [0.25, 0.3) is 0 Å². The molecule has 0 saturated carbocycles. The molecule has 0 bridgehead atoms. The van der Waals surface area contributed by atoms with Crippen LogP contribution in [0.4, 0.5) is 0 Å². The third kappa shape index (κ3) is 1.46. The number of carbonyl (C=O) groups is 2. The number of hydrogen-bond acceptors (Lipinski definition) is 4. The Kier molecular flexibility index (Phi) is 1.75. The lowest BCUT2D eigenvalue weighted by molar-refractivity contribution is -0.139. The summed E-state index contributed by atoms with van der Waals surface area (Å²) in [6.07, 6.45) is -0.0648. The van der Waals surface area contributed by atoms with Crippen molar-refractivity contribution >= 4 is 17.7 Å². The Hall–Kier alpha value is -1.59. The first-order chi connectivity index (χ1) is 5.11. The van der Waals surface area contributed by atoms with E-state index in [4.69, 9.17) is 10.2 Å². The number of aliphatic carboxylic acids is 2. The van der Waals surface area contributed by atoms with E-state index in [1.54, 1.807) is 0 Å². The molecule has 6 heteroatoms. The number of nitrogens with zero attached hydrogens (tertiary/aromatic N) is 1. The number of rotatable bonds is 2. The molecule has 1 unspecified atom stereocenters. The molecule has 1 aliphatic rings. The summed E-state index contributed by atoms with van der Waals surface area (Å²) in [6, 6.07) is -0.888. The molecule has 1 aliphatic heterocycles. The zero-order chi connectivity index (χ0) is 8.43. The van der Waals surface area contributed by atoms with Gasteiger partial charge < -0.3 is 10.2 Å². The molecule has 1 rings (SSSR count). The largest absolute Gasteiger partial charge is 0.480 e. The van der Waals surface area contributed by atoms with Crippen LogP contribution < -0.4 is 5.43 Å². The number of hydrogen-bond donors (Lipinski definition) is 3. The van der Waals surface area contributed by atoms with Crippen molar-refractivity contribution in [2.24, 2.45) is 5.10 Å². The topological polar surface area (TPSA) is 99.0 Å². The highest BCUT2D eigenvalue weighted by atomic mass is 16.4. The summed E-state index contributed by atoms with van der Waals surface area (Å²) < 4.78 is 0. The second-order valence-electron chi connectivity index (χ2n) is 2.09. The Morgan fingerprint density at radius 3 is 2.45 bits per heavy atom. The van der Waals surface area contributed by atoms with E-state index in [9.17, 15) is 9.59 Å². The molecule has 0 aromatic carbocycles. The number of nitrogens with one attached hydrogen (secondary N) is 1. The van der Waals surface area contributed by atoms with Crippen LogP contribution in [0.5, 0.6) is 0 Å². The minimum atomic E-state index is -1.18. The van der Waals surface area contributed by atoms with Gasteiger partial charge in [0, 0.05) is 6.42 Å². The second kappa shape index (κ2) is 2.57. The fourth-order valence-electron chi connectivity index (χ4n) is 0.718. The number of carboxylic acid groups (broad SMARTS) is 2. The second-order valence-corrected chi connectivity index (χ2v) is 2.09. The Morgan fingerprint density at radius 1 is 1.55 bits per heavy atom. The quantitative estimate of drug-likeness (QED) is 0.472. The highest BCUT2D eigenvalue weighted by molar-refractivity contribution is 6.36. The van der Waals surface area contributed by atoms with Crippen LogP contribution in [0.15, 0.2) is 5.10 Å². The summed E-state index contributed by atoms with van der Waals surface area (Å²) in [5.41, 5.74) is 2.05. The average Bonchev–Trinajstić information content (AvgIpc) is 2.33. The van der Waals surface area contributed by atoms with Crippen molar-refractivity contribution in [2.75, 3.05) is 0 Å². The molecule has 3 N–H and O–H groups in total. The van der Waals surface area contributed by atoms with Crippen LogP contribution in [0.1, 0.15) is 6.42 Å². The van der Waals surface area contributed by atoms with Crippen molar-refractivity contribution < 1.29 is 19.8 Å².